The molecule has 1 saturated heterocycles. The quantitative estimate of drug-likeness (QED) is 0.748. The van der Waals surface area contributed by atoms with Crippen LogP contribution in [0.1, 0.15) is 37.0 Å². The first-order chi connectivity index (χ1) is 12.9. The van der Waals surface area contributed by atoms with Crippen LogP contribution in [0.2, 0.25) is 0 Å². The summed E-state index contributed by atoms with van der Waals surface area (Å²) in [6.45, 7) is 5.86. The molecule has 0 aliphatic carbocycles. The van der Waals surface area contributed by atoms with Crippen LogP contribution < -0.4 is 10.8 Å². The molecule has 8 heteroatoms. The van der Waals surface area contributed by atoms with Crippen LogP contribution in [0.4, 0.5) is 0 Å². The van der Waals surface area contributed by atoms with E-state index in [0.29, 0.717) is 49.7 Å². The molecule has 0 bridgehead atoms. The standard InChI is InChI=1S/C19H26N4O3S/c1-13(2)12-21-16(24)15-11-19(26-22-15)6-9-23(10-7-19)18(25)14-5-4-8-20-17(14)27-3/h4-5,8,11,13,22H,6-7,9-10,12H2,1-3H3,(H,21,24). The number of nitrogens with zero attached hydrogens (tertiary/aromatic N) is 2. The Labute approximate surface area is 163 Å². The summed E-state index contributed by atoms with van der Waals surface area (Å²) in [7, 11) is 0. The van der Waals surface area contributed by atoms with Crippen LogP contribution in [0.5, 0.6) is 0 Å². The van der Waals surface area contributed by atoms with Gasteiger partial charge in [-0.2, -0.15) is 0 Å². The Balaban J connectivity index is 1.62. The molecule has 2 aliphatic heterocycles. The van der Waals surface area contributed by atoms with Crippen molar-refractivity contribution >= 4 is 23.6 Å². The lowest BCUT2D eigenvalue weighted by Crippen LogP contribution is -2.46. The maximum absolute atomic E-state index is 12.8. The average molecular weight is 391 g/mol. The number of pyridine rings is 1. The second-order valence-electron chi connectivity index (χ2n) is 7.28. The summed E-state index contributed by atoms with van der Waals surface area (Å²) in [5.41, 5.74) is 3.32. The SMILES string of the molecule is CSc1ncccc1C(=O)N1CCC2(C=C(C(=O)NCC(C)C)NO2)CC1. The molecule has 7 nitrogen and oxygen atoms in total. The molecule has 2 amide bonds. The van der Waals surface area contributed by atoms with E-state index in [2.05, 4.69) is 15.8 Å². The van der Waals surface area contributed by atoms with Crippen molar-refractivity contribution < 1.29 is 14.4 Å². The summed E-state index contributed by atoms with van der Waals surface area (Å²) >= 11 is 1.47. The summed E-state index contributed by atoms with van der Waals surface area (Å²) in [5.74, 6) is 0.227. The van der Waals surface area contributed by atoms with Gasteiger partial charge in [-0.1, -0.05) is 13.8 Å². The second kappa shape index (κ2) is 8.31. The fourth-order valence-corrected chi connectivity index (χ4v) is 3.75. The number of hydrogen-bond donors (Lipinski definition) is 2. The van der Waals surface area contributed by atoms with Gasteiger partial charge >= 0.3 is 0 Å². The van der Waals surface area contributed by atoms with Gasteiger partial charge in [0.1, 0.15) is 16.3 Å². The summed E-state index contributed by atoms with van der Waals surface area (Å²) in [4.78, 5) is 36.9. The highest BCUT2D eigenvalue weighted by Crippen LogP contribution is 2.32. The molecule has 1 spiro atoms. The van der Waals surface area contributed by atoms with E-state index in [1.54, 1.807) is 12.3 Å². The monoisotopic (exact) mass is 390 g/mol. The topological polar surface area (TPSA) is 83.6 Å². The van der Waals surface area contributed by atoms with Crippen LogP contribution >= 0.6 is 11.8 Å². The van der Waals surface area contributed by atoms with Crippen molar-refractivity contribution in [2.75, 3.05) is 25.9 Å². The van der Waals surface area contributed by atoms with E-state index >= 15 is 0 Å². The zero-order valence-electron chi connectivity index (χ0n) is 15.9. The third kappa shape index (κ3) is 4.44. The molecular weight excluding hydrogens is 364 g/mol. The highest BCUT2D eigenvalue weighted by molar-refractivity contribution is 7.98. The van der Waals surface area contributed by atoms with E-state index in [4.69, 9.17) is 4.84 Å². The summed E-state index contributed by atoms with van der Waals surface area (Å²) < 4.78 is 0. The minimum Gasteiger partial charge on any atom is -0.350 e. The number of nitrogens with one attached hydrogen (secondary N) is 2. The Kier molecular flexibility index (Phi) is 6.06. The smallest absolute Gasteiger partial charge is 0.269 e. The molecule has 1 aromatic rings. The molecule has 2 aliphatic rings. The number of carbonyl (C=O) groups is 2. The van der Waals surface area contributed by atoms with Crippen molar-refractivity contribution in [3.05, 3.63) is 35.7 Å². The first kappa shape index (κ1) is 19.7. The predicted molar refractivity (Wildman–Crippen MR) is 104 cm³/mol. The number of hydrogen-bond acceptors (Lipinski definition) is 6. The Bertz CT molecular complexity index is 742. The van der Waals surface area contributed by atoms with E-state index in [9.17, 15) is 9.59 Å². The molecular formula is C19H26N4O3S. The van der Waals surface area contributed by atoms with Crippen LogP contribution in [0.15, 0.2) is 35.1 Å². The van der Waals surface area contributed by atoms with Crippen LogP contribution in [-0.2, 0) is 9.63 Å². The maximum Gasteiger partial charge on any atom is 0.269 e. The Morgan fingerprint density at radius 2 is 2.15 bits per heavy atom. The molecule has 1 aromatic heterocycles. The molecule has 0 unspecified atom stereocenters. The Morgan fingerprint density at radius 3 is 2.81 bits per heavy atom. The van der Waals surface area contributed by atoms with Crippen LogP contribution in [0, 0.1) is 5.92 Å². The van der Waals surface area contributed by atoms with Gasteiger partial charge in [0.05, 0.1) is 5.56 Å². The Hall–Kier alpha value is -2.06. The van der Waals surface area contributed by atoms with Gasteiger partial charge in [-0.3, -0.25) is 19.9 Å². The van der Waals surface area contributed by atoms with E-state index in [1.807, 2.05) is 37.1 Å². The zero-order valence-corrected chi connectivity index (χ0v) is 16.8. The lowest BCUT2D eigenvalue weighted by molar-refractivity contribution is -0.120. The molecule has 0 radical (unpaired) electrons. The van der Waals surface area contributed by atoms with E-state index in [0.717, 1.165) is 5.03 Å². The zero-order chi connectivity index (χ0) is 19.4. The van der Waals surface area contributed by atoms with Crippen molar-refractivity contribution in [1.29, 1.82) is 0 Å². The lowest BCUT2D eigenvalue weighted by atomic mass is 9.90. The maximum atomic E-state index is 12.8. The highest BCUT2D eigenvalue weighted by atomic mass is 32.2. The minimum atomic E-state index is -0.529. The molecule has 3 rings (SSSR count). The number of aromatic nitrogens is 1. The number of piperidine rings is 1. The largest absolute Gasteiger partial charge is 0.350 e. The fraction of sp³-hybridized carbons (Fsp3) is 0.526. The molecule has 0 saturated carbocycles. The summed E-state index contributed by atoms with van der Waals surface area (Å²) in [6, 6.07) is 3.60. The normalized spacial score (nSPS) is 18.4. The van der Waals surface area contributed by atoms with E-state index in [-0.39, 0.29) is 11.8 Å². The molecule has 2 N–H and O–H groups in total. The van der Waals surface area contributed by atoms with Gasteiger partial charge in [0.25, 0.3) is 11.8 Å². The molecule has 0 aromatic carbocycles. The molecule has 146 valence electrons. The highest BCUT2D eigenvalue weighted by Gasteiger charge is 2.41. The first-order valence-electron chi connectivity index (χ1n) is 9.17. The number of likely N-dealkylation sites (tertiary alicyclic amines) is 1. The Morgan fingerprint density at radius 1 is 1.41 bits per heavy atom. The van der Waals surface area contributed by atoms with Gasteiger partial charge in [0, 0.05) is 38.7 Å². The number of amides is 2. The number of thioether (sulfide) groups is 1. The van der Waals surface area contributed by atoms with Crippen molar-refractivity contribution in [3.63, 3.8) is 0 Å². The molecule has 27 heavy (non-hydrogen) atoms. The number of rotatable bonds is 5. The van der Waals surface area contributed by atoms with E-state index in [1.165, 1.54) is 11.8 Å². The minimum absolute atomic E-state index is 0.00728. The van der Waals surface area contributed by atoms with E-state index < -0.39 is 5.60 Å². The van der Waals surface area contributed by atoms with Gasteiger partial charge in [-0.25, -0.2) is 4.98 Å². The van der Waals surface area contributed by atoms with Crippen molar-refractivity contribution in [1.82, 2.24) is 20.7 Å². The third-order valence-electron chi connectivity index (χ3n) is 4.78. The van der Waals surface area contributed by atoms with Gasteiger partial charge in [0.15, 0.2) is 0 Å². The third-order valence-corrected chi connectivity index (χ3v) is 5.49. The van der Waals surface area contributed by atoms with Crippen molar-refractivity contribution in [2.24, 2.45) is 5.92 Å². The van der Waals surface area contributed by atoms with Gasteiger partial charge < -0.3 is 10.2 Å². The number of hydroxylamine groups is 1. The van der Waals surface area contributed by atoms with Gasteiger partial charge in [-0.15, -0.1) is 11.8 Å². The predicted octanol–water partition coefficient (Wildman–Crippen LogP) is 1.97. The lowest BCUT2D eigenvalue weighted by Gasteiger charge is -2.36. The van der Waals surface area contributed by atoms with Crippen molar-refractivity contribution in [3.8, 4) is 0 Å². The molecule has 1 fully saturated rings. The summed E-state index contributed by atoms with van der Waals surface area (Å²) in [5, 5.41) is 3.62. The first-order valence-corrected chi connectivity index (χ1v) is 10.4. The summed E-state index contributed by atoms with van der Waals surface area (Å²) in [6.07, 6.45) is 6.76. The van der Waals surface area contributed by atoms with Gasteiger partial charge in [-0.05, 0) is 30.4 Å². The van der Waals surface area contributed by atoms with Crippen LogP contribution in [-0.4, -0.2) is 53.2 Å². The second-order valence-corrected chi connectivity index (χ2v) is 8.08. The van der Waals surface area contributed by atoms with Crippen molar-refractivity contribution in [2.45, 2.75) is 37.3 Å². The number of carbonyl (C=O) groups excluding carboxylic acids is 2. The van der Waals surface area contributed by atoms with Gasteiger partial charge in [0.2, 0.25) is 0 Å². The molecule has 3 heterocycles. The van der Waals surface area contributed by atoms with Crippen LogP contribution in [0.3, 0.4) is 0 Å². The molecule has 0 atom stereocenters. The average Bonchev–Trinajstić information content (AvgIpc) is 3.09. The van der Waals surface area contributed by atoms with Crippen LogP contribution in [0.25, 0.3) is 0 Å². The fourth-order valence-electron chi connectivity index (χ4n) is 3.20.